The molecule has 22 heavy (non-hydrogen) atoms. The summed E-state index contributed by atoms with van der Waals surface area (Å²) in [4.78, 5) is 33.7. The second kappa shape index (κ2) is 6.13. The number of halogens is 2. The minimum atomic E-state index is -1.30. The van der Waals surface area contributed by atoms with Crippen LogP contribution in [0.1, 0.15) is 26.3 Å². The van der Waals surface area contributed by atoms with Gasteiger partial charge in [-0.3, -0.25) is 14.9 Å². The molecule has 0 aromatic heterocycles. The van der Waals surface area contributed by atoms with Crippen molar-refractivity contribution in [1.82, 2.24) is 0 Å². The summed E-state index contributed by atoms with van der Waals surface area (Å²) in [6.07, 6.45) is 0. The lowest BCUT2D eigenvalue weighted by Crippen LogP contribution is -2.10. The first kappa shape index (κ1) is 15.9. The monoisotopic (exact) mass is 339 g/mol. The average Bonchev–Trinajstić information content (AvgIpc) is 2.46. The van der Waals surface area contributed by atoms with Gasteiger partial charge in [0.25, 0.3) is 5.69 Å². The van der Waals surface area contributed by atoms with Gasteiger partial charge in [-0.25, -0.2) is 4.79 Å². The highest BCUT2D eigenvalue weighted by Gasteiger charge is 2.21. The Kier molecular flexibility index (Phi) is 4.44. The van der Waals surface area contributed by atoms with Crippen molar-refractivity contribution in [1.29, 1.82) is 0 Å². The lowest BCUT2D eigenvalue weighted by Gasteiger charge is -2.06. The molecule has 0 atom stereocenters. The summed E-state index contributed by atoms with van der Waals surface area (Å²) in [7, 11) is 0. The lowest BCUT2D eigenvalue weighted by molar-refractivity contribution is -0.384. The summed E-state index contributed by atoms with van der Waals surface area (Å²) in [5, 5.41) is 20.0. The fraction of sp³-hybridized carbons (Fsp3) is 0. The Morgan fingerprint density at radius 1 is 1.05 bits per heavy atom. The van der Waals surface area contributed by atoms with Gasteiger partial charge in [0.2, 0.25) is 0 Å². The molecule has 2 aromatic rings. The van der Waals surface area contributed by atoms with Crippen molar-refractivity contribution in [3.05, 3.63) is 73.2 Å². The van der Waals surface area contributed by atoms with Crippen molar-refractivity contribution in [2.45, 2.75) is 0 Å². The maximum absolute atomic E-state index is 12.4. The van der Waals surface area contributed by atoms with Crippen molar-refractivity contribution >= 4 is 40.6 Å². The molecule has 2 rings (SSSR count). The molecular weight excluding hydrogens is 333 g/mol. The molecule has 0 spiro atoms. The van der Waals surface area contributed by atoms with Gasteiger partial charge >= 0.3 is 5.97 Å². The van der Waals surface area contributed by atoms with Crippen LogP contribution in [0.15, 0.2) is 36.4 Å². The van der Waals surface area contributed by atoms with Gasteiger partial charge in [0.15, 0.2) is 5.78 Å². The SMILES string of the molecule is O=C(O)c1ccc(Cl)cc1C(=O)c1ccc(Cl)c([N+](=O)[O-])c1. The molecule has 8 heteroatoms. The van der Waals surface area contributed by atoms with Gasteiger partial charge in [-0.2, -0.15) is 0 Å². The van der Waals surface area contributed by atoms with Crippen molar-refractivity contribution in [3.63, 3.8) is 0 Å². The third kappa shape index (κ3) is 3.08. The van der Waals surface area contributed by atoms with Gasteiger partial charge < -0.3 is 5.11 Å². The van der Waals surface area contributed by atoms with Crippen molar-refractivity contribution < 1.29 is 19.6 Å². The van der Waals surface area contributed by atoms with Gasteiger partial charge in [0, 0.05) is 22.2 Å². The van der Waals surface area contributed by atoms with E-state index in [9.17, 15) is 19.7 Å². The van der Waals surface area contributed by atoms with E-state index in [1.807, 2.05) is 0 Å². The van der Waals surface area contributed by atoms with Crippen molar-refractivity contribution in [2.75, 3.05) is 0 Å². The van der Waals surface area contributed by atoms with E-state index in [2.05, 4.69) is 0 Å². The second-order valence-corrected chi connectivity index (χ2v) is 5.09. The van der Waals surface area contributed by atoms with Gasteiger partial charge in [0.05, 0.1) is 10.5 Å². The molecule has 0 aliphatic heterocycles. The molecule has 0 bridgehead atoms. The quantitative estimate of drug-likeness (QED) is 0.518. The van der Waals surface area contributed by atoms with Gasteiger partial charge in [0.1, 0.15) is 5.02 Å². The number of nitro groups is 1. The van der Waals surface area contributed by atoms with Crippen LogP contribution in [-0.4, -0.2) is 21.8 Å². The zero-order valence-corrected chi connectivity index (χ0v) is 12.3. The fourth-order valence-electron chi connectivity index (χ4n) is 1.84. The van der Waals surface area contributed by atoms with Crippen LogP contribution in [-0.2, 0) is 0 Å². The largest absolute Gasteiger partial charge is 0.478 e. The number of hydrogen-bond acceptors (Lipinski definition) is 4. The summed E-state index contributed by atoms with van der Waals surface area (Å²) in [6.45, 7) is 0. The number of carbonyl (C=O) groups excluding carboxylic acids is 1. The third-order valence-corrected chi connectivity index (χ3v) is 3.42. The normalized spacial score (nSPS) is 10.3. The highest BCUT2D eigenvalue weighted by atomic mass is 35.5. The molecule has 0 unspecified atom stereocenters. The van der Waals surface area contributed by atoms with Gasteiger partial charge in [-0.05, 0) is 30.3 Å². The first-order chi connectivity index (χ1) is 10.3. The topological polar surface area (TPSA) is 97.5 Å². The molecule has 6 nitrogen and oxygen atoms in total. The summed E-state index contributed by atoms with van der Waals surface area (Å²) in [5.74, 6) is -2.00. The van der Waals surface area contributed by atoms with E-state index >= 15 is 0 Å². The number of rotatable bonds is 4. The Bertz CT molecular complexity index is 804. The Morgan fingerprint density at radius 2 is 1.73 bits per heavy atom. The molecule has 2 aromatic carbocycles. The smallest absolute Gasteiger partial charge is 0.336 e. The number of hydrogen-bond donors (Lipinski definition) is 1. The van der Waals surface area contributed by atoms with Crippen LogP contribution in [0.5, 0.6) is 0 Å². The van der Waals surface area contributed by atoms with E-state index in [1.165, 1.54) is 30.3 Å². The predicted molar refractivity (Wildman–Crippen MR) is 80.0 cm³/mol. The van der Waals surface area contributed by atoms with Crippen LogP contribution in [0.25, 0.3) is 0 Å². The van der Waals surface area contributed by atoms with E-state index in [0.29, 0.717) is 0 Å². The number of carboxylic acid groups (broad SMARTS) is 1. The van der Waals surface area contributed by atoms with Gasteiger partial charge in [-0.15, -0.1) is 0 Å². The number of aromatic carboxylic acids is 1. The minimum absolute atomic E-state index is 0.0548. The maximum atomic E-state index is 12.4. The number of benzene rings is 2. The standard InChI is InChI=1S/C14H7Cl2NO5/c15-8-2-3-9(14(19)20)10(6-8)13(18)7-1-4-11(16)12(5-7)17(21)22/h1-6H,(H,19,20). The van der Waals surface area contributed by atoms with Crippen LogP contribution in [0.4, 0.5) is 5.69 Å². The van der Waals surface area contributed by atoms with Crippen molar-refractivity contribution in [2.24, 2.45) is 0 Å². The molecule has 0 heterocycles. The Morgan fingerprint density at radius 3 is 2.32 bits per heavy atom. The first-order valence-corrected chi connectivity index (χ1v) is 6.58. The van der Waals surface area contributed by atoms with Crippen LogP contribution in [0.3, 0.4) is 0 Å². The molecule has 0 saturated carbocycles. The Balaban J connectivity index is 2.58. The zero-order valence-electron chi connectivity index (χ0n) is 10.7. The average molecular weight is 340 g/mol. The predicted octanol–water partition coefficient (Wildman–Crippen LogP) is 3.83. The molecule has 0 aliphatic carbocycles. The lowest BCUT2D eigenvalue weighted by atomic mass is 9.98. The highest BCUT2D eigenvalue weighted by Crippen LogP contribution is 2.27. The first-order valence-electron chi connectivity index (χ1n) is 5.82. The molecular formula is C14H7Cl2NO5. The highest BCUT2D eigenvalue weighted by molar-refractivity contribution is 6.33. The van der Waals surface area contributed by atoms with Crippen LogP contribution < -0.4 is 0 Å². The minimum Gasteiger partial charge on any atom is -0.478 e. The van der Waals surface area contributed by atoms with Crippen LogP contribution in [0, 0.1) is 10.1 Å². The third-order valence-electron chi connectivity index (χ3n) is 2.86. The van der Waals surface area contributed by atoms with Crippen LogP contribution >= 0.6 is 23.2 Å². The second-order valence-electron chi connectivity index (χ2n) is 4.25. The van der Waals surface area contributed by atoms with E-state index in [4.69, 9.17) is 28.3 Å². The van der Waals surface area contributed by atoms with Gasteiger partial charge in [-0.1, -0.05) is 23.2 Å². The fourth-order valence-corrected chi connectivity index (χ4v) is 2.20. The molecule has 0 fully saturated rings. The Hall–Kier alpha value is -2.44. The summed E-state index contributed by atoms with van der Waals surface area (Å²) in [5.41, 5.74) is -0.893. The number of carbonyl (C=O) groups is 2. The molecule has 0 saturated heterocycles. The number of carboxylic acids is 1. The zero-order chi connectivity index (χ0) is 16.4. The molecule has 112 valence electrons. The summed E-state index contributed by atoms with van der Waals surface area (Å²) >= 11 is 11.5. The van der Waals surface area contributed by atoms with E-state index < -0.39 is 22.4 Å². The van der Waals surface area contributed by atoms with Crippen LogP contribution in [0.2, 0.25) is 10.0 Å². The maximum Gasteiger partial charge on any atom is 0.336 e. The van der Waals surface area contributed by atoms with E-state index in [0.717, 1.165) is 6.07 Å². The summed E-state index contributed by atoms with van der Waals surface area (Å²) < 4.78 is 0. The molecule has 0 radical (unpaired) electrons. The molecule has 0 amide bonds. The number of nitrogens with zero attached hydrogens (tertiary/aromatic N) is 1. The Labute approximate surface area is 134 Å². The number of nitro benzene ring substituents is 1. The van der Waals surface area contributed by atoms with E-state index in [-0.39, 0.29) is 26.7 Å². The van der Waals surface area contributed by atoms with E-state index in [1.54, 1.807) is 0 Å². The van der Waals surface area contributed by atoms with Crippen molar-refractivity contribution in [3.8, 4) is 0 Å². The number of ketones is 1. The molecule has 0 aliphatic rings. The summed E-state index contributed by atoms with van der Waals surface area (Å²) in [6, 6.07) is 7.22. The molecule has 1 N–H and O–H groups in total.